The van der Waals surface area contributed by atoms with Gasteiger partial charge in [-0.05, 0) is 106 Å². The third-order valence-corrected chi connectivity index (χ3v) is 16.2. The van der Waals surface area contributed by atoms with Crippen LogP contribution in [0.5, 0.6) is 0 Å². The lowest BCUT2D eigenvalue weighted by atomic mass is 9.61. The zero-order chi connectivity index (χ0) is 27.0. The Morgan fingerprint density at radius 2 is 1.72 bits per heavy atom. The molecule has 0 radical (unpaired) electrons. The van der Waals surface area contributed by atoms with Crippen molar-refractivity contribution in [1.82, 2.24) is 0 Å². The Kier molecular flexibility index (Phi) is 8.97. The molecule has 1 aromatic carbocycles. The van der Waals surface area contributed by atoms with E-state index in [9.17, 15) is 13.5 Å². The van der Waals surface area contributed by atoms with E-state index in [1.807, 2.05) is 32.0 Å². The van der Waals surface area contributed by atoms with Gasteiger partial charge in [0.2, 0.25) is 0 Å². The van der Waals surface area contributed by atoms with Gasteiger partial charge in [-0.15, -0.1) is 0 Å². The number of rotatable bonds is 10. The average molecular weight is 537 g/mol. The largest absolute Gasteiger partial charge is 0.414 e. The molecule has 5 atom stereocenters. The van der Waals surface area contributed by atoms with Crippen LogP contribution < -0.4 is 0 Å². The third kappa shape index (κ3) is 6.84. The fourth-order valence-corrected chi connectivity index (χ4v) is 9.95. The van der Waals surface area contributed by atoms with Crippen LogP contribution in [0.1, 0.15) is 92.9 Å². The second kappa shape index (κ2) is 10.8. The minimum atomic E-state index is -3.38. The minimum Gasteiger partial charge on any atom is -0.414 e. The van der Waals surface area contributed by atoms with E-state index in [1.54, 1.807) is 12.1 Å². The lowest BCUT2D eigenvalue weighted by molar-refractivity contribution is -0.0215. The summed E-state index contributed by atoms with van der Waals surface area (Å²) in [6.07, 6.45) is 8.33. The highest BCUT2D eigenvalue weighted by Gasteiger charge is 2.55. The predicted molar refractivity (Wildman–Crippen MR) is 152 cm³/mol. The zero-order valence-electron chi connectivity index (χ0n) is 24.1. The van der Waals surface area contributed by atoms with E-state index in [4.69, 9.17) is 4.43 Å². The highest BCUT2D eigenvalue weighted by atomic mass is 32.2. The van der Waals surface area contributed by atoms with Gasteiger partial charge in [0.1, 0.15) is 0 Å². The first kappa shape index (κ1) is 29.9. The molecule has 206 valence electrons. The van der Waals surface area contributed by atoms with Crippen molar-refractivity contribution >= 4 is 18.2 Å². The number of benzene rings is 1. The zero-order valence-corrected chi connectivity index (χ0v) is 26.0. The van der Waals surface area contributed by atoms with Crippen LogP contribution in [0.4, 0.5) is 0 Å². The summed E-state index contributed by atoms with van der Waals surface area (Å²) in [5.41, 5.74) is -0.616. The van der Waals surface area contributed by atoms with Gasteiger partial charge in [-0.3, -0.25) is 0 Å². The lowest BCUT2D eigenvalue weighted by Crippen LogP contribution is -2.50. The predicted octanol–water partition coefficient (Wildman–Crippen LogP) is 7.62. The first-order valence-electron chi connectivity index (χ1n) is 14.1. The summed E-state index contributed by atoms with van der Waals surface area (Å²) in [5, 5.41) is 10.5. The Morgan fingerprint density at radius 1 is 1.08 bits per heavy atom. The second-order valence-electron chi connectivity index (χ2n) is 14.2. The highest BCUT2D eigenvalue weighted by Crippen LogP contribution is 2.60. The molecule has 1 aromatic rings. The summed E-state index contributed by atoms with van der Waals surface area (Å²) in [5.74, 6) is 1.17. The van der Waals surface area contributed by atoms with Crippen LogP contribution >= 0.6 is 0 Å². The van der Waals surface area contributed by atoms with Gasteiger partial charge in [-0.25, -0.2) is 8.42 Å². The molecule has 0 aliphatic heterocycles. The van der Waals surface area contributed by atoms with Crippen LogP contribution in [0.2, 0.25) is 18.1 Å². The van der Waals surface area contributed by atoms with Gasteiger partial charge in [-0.1, -0.05) is 58.7 Å². The van der Waals surface area contributed by atoms with Crippen LogP contribution in [0.15, 0.2) is 35.2 Å². The summed E-state index contributed by atoms with van der Waals surface area (Å²) in [6, 6.07) is 8.95. The molecular weight excluding hydrogens is 484 g/mol. The standard InChI is InChI=1S/C30H52O4SSi/c1-28(2,3)36(7,8)34-27-17-13-21-30(6)25(18-19-26(27)30)23(14-12-20-29(4,5)31)22-35(32,33)24-15-10-9-11-16-24/h9-11,15-16,23,25-27,31H,12-14,17-22H2,1-8H3/t23-,25+,26-,27-,30+/m0/s1. The van der Waals surface area contributed by atoms with Gasteiger partial charge in [0.25, 0.3) is 0 Å². The molecule has 0 bridgehead atoms. The molecule has 0 amide bonds. The first-order valence-corrected chi connectivity index (χ1v) is 18.7. The molecule has 0 heterocycles. The van der Waals surface area contributed by atoms with Crippen molar-refractivity contribution in [2.75, 3.05) is 5.75 Å². The van der Waals surface area contributed by atoms with Crippen molar-refractivity contribution in [3.05, 3.63) is 30.3 Å². The summed E-state index contributed by atoms with van der Waals surface area (Å²) < 4.78 is 34.1. The molecule has 2 saturated carbocycles. The summed E-state index contributed by atoms with van der Waals surface area (Å²) in [4.78, 5) is 0.431. The topological polar surface area (TPSA) is 63.6 Å². The molecule has 36 heavy (non-hydrogen) atoms. The van der Waals surface area contributed by atoms with E-state index >= 15 is 0 Å². The van der Waals surface area contributed by atoms with Gasteiger partial charge in [-0.2, -0.15) is 0 Å². The molecule has 4 nitrogen and oxygen atoms in total. The minimum absolute atomic E-state index is 0.0965. The molecule has 0 unspecified atom stereocenters. The van der Waals surface area contributed by atoms with Crippen LogP contribution in [0.3, 0.4) is 0 Å². The number of hydrogen-bond acceptors (Lipinski definition) is 4. The molecule has 0 spiro atoms. The molecule has 3 rings (SSSR count). The quantitative estimate of drug-likeness (QED) is 0.312. The Balaban J connectivity index is 1.86. The fourth-order valence-electron chi connectivity index (χ4n) is 6.83. The van der Waals surface area contributed by atoms with Crippen LogP contribution in [-0.2, 0) is 14.3 Å². The van der Waals surface area contributed by atoms with E-state index in [1.165, 1.54) is 0 Å². The molecule has 2 aliphatic rings. The SMILES string of the molecule is CC(C)(O)CCC[C@@H](CS(=O)(=O)c1ccccc1)[C@H]1CC[C@H]2[C@@H](O[Si](C)(C)C(C)(C)C)CCC[C@]12C. The van der Waals surface area contributed by atoms with Crippen LogP contribution in [-0.4, -0.2) is 39.3 Å². The summed E-state index contributed by atoms with van der Waals surface area (Å²) in [7, 11) is -5.26. The maximum atomic E-state index is 13.5. The van der Waals surface area contributed by atoms with E-state index in [0.29, 0.717) is 23.2 Å². The molecule has 1 N–H and O–H groups in total. The molecule has 0 saturated heterocycles. The van der Waals surface area contributed by atoms with E-state index in [2.05, 4.69) is 40.8 Å². The maximum absolute atomic E-state index is 13.5. The van der Waals surface area contributed by atoms with Crippen molar-refractivity contribution in [2.24, 2.45) is 23.2 Å². The van der Waals surface area contributed by atoms with Gasteiger partial charge < -0.3 is 9.53 Å². The van der Waals surface area contributed by atoms with Crippen LogP contribution in [0, 0.1) is 23.2 Å². The van der Waals surface area contributed by atoms with E-state index in [-0.39, 0.29) is 28.2 Å². The number of hydrogen-bond donors (Lipinski definition) is 1. The number of fused-ring (bicyclic) bond motifs is 1. The molecule has 0 aromatic heterocycles. The highest BCUT2D eigenvalue weighted by molar-refractivity contribution is 7.91. The van der Waals surface area contributed by atoms with E-state index < -0.39 is 23.8 Å². The normalized spacial score (nSPS) is 28.6. The second-order valence-corrected chi connectivity index (χ2v) is 21.0. The Bertz CT molecular complexity index is 961. The smallest absolute Gasteiger partial charge is 0.192 e. The van der Waals surface area contributed by atoms with Gasteiger partial charge in [0.15, 0.2) is 18.2 Å². The average Bonchev–Trinajstić information content (AvgIpc) is 3.09. The maximum Gasteiger partial charge on any atom is 0.192 e. The number of sulfone groups is 1. The van der Waals surface area contributed by atoms with Crippen molar-refractivity contribution in [1.29, 1.82) is 0 Å². The Labute approximate surface area is 222 Å². The van der Waals surface area contributed by atoms with Gasteiger partial charge in [0.05, 0.1) is 16.2 Å². The first-order chi connectivity index (χ1) is 16.5. The molecular formula is C30H52O4SSi. The fraction of sp³-hybridized carbons (Fsp3) is 0.800. The van der Waals surface area contributed by atoms with E-state index in [0.717, 1.165) is 44.9 Å². The van der Waals surface area contributed by atoms with Crippen molar-refractivity contribution in [3.8, 4) is 0 Å². The molecule has 2 fully saturated rings. The molecule has 6 heteroatoms. The van der Waals surface area contributed by atoms with Crippen molar-refractivity contribution < 1.29 is 18.0 Å². The van der Waals surface area contributed by atoms with Crippen molar-refractivity contribution in [2.45, 2.75) is 128 Å². The lowest BCUT2D eigenvalue weighted by Gasteiger charge is -2.50. The van der Waals surface area contributed by atoms with Gasteiger partial charge >= 0.3 is 0 Å². The third-order valence-electron chi connectivity index (χ3n) is 9.86. The van der Waals surface area contributed by atoms with Crippen LogP contribution in [0.25, 0.3) is 0 Å². The summed E-state index contributed by atoms with van der Waals surface area (Å²) in [6.45, 7) is 17.8. The Morgan fingerprint density at radius 3 is 2.31 bits per heavy atom. The summed E-state index contributed by atoms with van der Waals surface area (Å²) >= 11 is 0. The molecule has 2 aliphatic carbocycles. The Hall–Kier alpha value is -0.693. The van der Waals surface area contributed by atoms with Gasteiger partial charge in [0, 0.05) is 6.10 Å². The van der Waals surface area contributed by atoms with Crippen molar-refractivity contribution in [3.63, 3.8) is 0 Å². The number of aliphatic hydroxyl groups is 1. The monoisotopic (exact) mass is 536 g/mol.